The van der Waals surface area contributed by atoms with E-state index in [9.17, 15) is 0 Å². The zero-order valence-corrected chi connectivity index (χ0v) is 12.3. The zero-order valence-electron chi connectivity index (χ0n) is 12.3. The van der Waals surface area contributed by atoms with Gasteiger partial charge in [-0.15, -0.1) is 0 Å². The molecule has 0 aliphatic carbocycles. The lowest BCUT2D eigenvalue weighted by atomic mass is 10.1. The summed E-state index contributed by atoms with van der Waals surface area (Å²) in [5, 5.41) is 3.48. The van der Waals surface area contributed by atoms with Gasteiger partial charge in [-0.25, -0.2) is 0 Å². The van der Waals surface area contributed by atoms with Gasteiger partial charge in [0.1, 0.15) is 0 Å². The Morgan fingerprint density at radius 2 is 1.95 bits per heavy atom. The molecule has 2 aromatic rings. The maximum atomic E-state index is 5.15. The molecule has 0 bridgehead atoms. The van der Waals surface area contributed by atoms with Crippen molar-refractivity contribution in [2.75, 3.05) is 7.11 Å². The lowest BCUT2D eigenvalue weighted by Crippen LogP contribution is -2.20. The first-order valence-electron chi connectivity index (χ1n) is 6.78. The van der Waals surface area contributed by atoms with Gasteiger partial charge < -0.3 is 10.1 Å². The first-order chi connectivity index (χ1) is 9.70. The number of nitrogens with zero attached hydrogens (tertiary/aromatic N) is 2. The van der Waals surface area contributed by atoms with Crippen molar-refractivity contribution in [2.45, 2.75) is 33.0 Å². The van der Waals surface area contributed by atoms with Gasteiger partial charge in [0, 0.05) is 32.1 Å². The fourth-order valence-electron chi connectivity index (χ4n) is 2.21. The van der Waals surface area contributed by atoms with Crippen molar-refractivity contribution in [3.05, 3.63) is 59.2 Å². The maximum absolute atomic E-state index is 5.15. The molecule has 1 aromatic carbocycles. The molecule has 4 heteroatoms. The van der Waals surface area contributed by atoms with E-state index in [1.54, 1.807) is 19.5 Å². The highest BCUT2D eigenvalue weighted by Crippen LogP contribution is 2.13. The Morgan fingerprint density at radius 1 is 1.20 bits per heavy atom. The molecule has 1 atom stereocenters. The monoisotopic (exact) mass is 271 g/mol. The highest BCUT2D eigenvalue weighted by atomic mass is 16.5. The van der Waals surface area contributed by atoms with Gasteiger partial charge in [-0.3, -0.25) is 9.97 Å². The summed E-state index contributed by atoms with van der Waals surface area (Å²) in [6.07, 6.45) is 3.46. The molecule has 0 amide bonds. The SMILES string of the molecule is COCc1cccc(CNC(C)c2nccnc2C)c1. The van der Waals surface area contributed by atoms with Gasteiger partial charge in [0.2, 0.25) is 0 Å². The van der Waals surface area contributed by atoms with Crippen molar-refractivity contribution in [2.24, 2.45) is 0 Å². The number of hydrogen-bond donors (Lipinski definition) is 1. The average Bonchev–Trinajstić information content (AvgIpc) is 2.46. The highest BCUT2D eigenvalue weighted by Gasteiger charge is 2.09. The molecule has 0 saturated carbocycles. The molecule has 0 aliphatic rings. The van der Waals surface area contributed by atoms with Crippen LogP contribution in [0.4, 0.5) is 0 Å². The van der Waals surface area contributed by atoms with Crippen LogP contribution in [0.5, 0.6) is 0 Å². The molecule has 2 rings (SSSR count). The van der Waals surface area contributed by atoms with Crippen molar-refractivity contribution in [1.29, 1.82) is 0 Å². The van der Waals surface area contributed by atoms with Crippen LogP contribution >= 0.6 is 0 Å². The molecule has 1 unspecified atom stereocenters. The largest absolute Gasteiger partial charge is 0.380 e. The van der Waals surface area contributed by atoms with Crippen LogP contribution in [0.25, 0.3) is 0 Å². The molecule has 4 nitrogen and oxygen atoms in total. The molecule has 20 heavy (non-hydrogen) atoms. The molecule has 0 fully saturated rings. The standard InChI is InChI=1S/C16H21N3O/c1-12-16(18-8-7-17-12)13(2)19-10-14-5-4-6-15(9-14)11-20-3/h4-9,13,19H,10-11H2,1-3H3. The van der Waals surface area contributed by atoms with Crippen molar-refractivity contribution in [3.8, 4) is 0 Å². The third-order valence-electron chi connectivity index (χ3n) is 3.24. The normalized spacial score (nSPS) is 12.3. The second-order valence-corrected chi connectivity index (χ2v) is 4.88. The van der Waals surface area contributed by atoms with Gasteiger partial charge in [0.25, 0.3) is 0 Å². The molecule has 0 aliphatic heterocycles. The first-order valence-corrected chi connectivity index (χ1v) is 6.78. The predicted molar refractivity (Wildman–Crippen MR) is 79.2 cm³/mol. The quantitative estimate of drug-likeness (QED) is 0.877. The molecule has 1 aromatic heterocycles. The van der Waals surface area contributed by atoms with E-state index in [0.717, 1.165) is 17.9 Å². The summed E-state index contributed by atoms with van der Waals surface area (Å²) in [6, 6.07) is 8.58. The number of aryl methyl sites for hydroxylation is 1. The number of rotatable bonds is 6. The molecule has 0 spiro atoms. The van der Waals surface area contributed by atoms with Crippen LogP contribution in [0.15, 0.2) is 36.7 Å². The lowest BCUT2D eigenvalue weighted by Gasteiger charge is -2.15. The van der Waals surface area contributed by atoms with E-state index < -0.39 is 0 Å². The van der Waals surface area contributed by atoms with Crippen LogP contribution in [-0.4, -0.2) is 17.1 Å². The third-order valence-corrected chi connectivity index (χ3v) is 3.24. The summed E-state index contributed by atoms with van der Waals surface area (Å²) in [5.41, 5.74) is 4.41. The summed E-state index contributed by atoms with van der Waals surface area (Å²) in [5.74, 6) is 0. The fourth-order valence-corrected chi connectivity index (χ4v) is 2.21. The van der Waals surface area contributed by atoms with Crippen molar-refractivity contribution in [3.63, 3.8) is 0 Å². The van der Waals surface area contributed by atoms with Gasteiger partial charge in [0.05, 0.1) is 18.0 Å². The topological polar surface area (TPSA) is 47.0 Å². The number of benzene rings is 1. The molecule has 1 heterocycles. The number of ether oxygens (including phenoxy) is 1. The fraction of sp³-hybridized carbons (Fsp3) is 0.375. The van der Waals surface area contributed by atoms with E-state index >= 15 is 0 Å². The summed E-state index contributed by atoms with van der Waals surface area (Å²) >= 11 is 0. The van der Waals surface area contributed by atoms with Crippen LogP contribution in [0.1, 0.15) is 35.5 Å². The van der Waals surface area contributed by atoms with Crippen LogP contribution in [0.3, 0.4) is 0 Å². The summed E-state index contributed by atoms with van der Waals surface area (Å²) in [7, 11) is 1.71. The van der Waals surface area contributed by atoms with E-state index in [2.05, 4.69) is 46.5 Å². The Kier molecular flexibility index (Phi) is 5.21. The van der Waals surface area contributed by atoms with Crippen LogP contribution in [0.2, 0.25) is 0 Å². The van der Waals surface area contributed by atoms with E-state index in [-0.39, 0.29) is 6.04 Å². The summed E-state index contributed by atoms with van der Waals surface area (Å²) in [6.45, 7) is 5.54. The highest BCUT2D eigenvalue weighted by molar-refractivity contribution is 5.23. The maximum Gasteiger partial charge on any atom is 0.0782 e. The van der Waals surface area contributed by atoms with Crippen LogP contribution in [-0.2, 0) is 17.9 Å². The van der Waals surface area contributed by atoms with E-state index in [1.165, 1.54) is 11.1 Å². The second kappa shape index (κ2) is 7.12. The van der Waals surface area contributed by atoms with Crippen LogP contribution < -0.4 is 5.32 Å². The second-order valence-electron chi connectivity index (χ2n) is 4.88. The van der Waals surface area contributed by atoms with E-state index in [0.29, 0.717) is 6.61 Å². The van der Waals surface area contributed by atoms with Gasteiger partial charge >= 0.3 is 0 Å². The minimum Gasteiger partial charge on any atom is -0.380 e. The Labute approximate surface area is 120 Å². The number of nitrogens with one attached hydrogen (secondary N) is 1. The molecule has 0 saturated heterocycles. The van der Waals surface area contributed by atoms with Gasteiger partial charge in [-0.2, -0.15) is 0 Å². The number of methoxy groups -OCH3 is 1. The van der Waals surface area contributed by atoms with Crippen molar-refractivity contribution in [1.82, 2.24) is 15.3 Å². The zero-order chi connectivity index (χ0) is 14.4. The Balaban J connectivity index is 1.98. The smallest absolute Gasteiger partial charge is 0.0782 e. The Morgan fingerprint density at radius 3 is 2.70 bits per heavy atom. The number of hydrogen-bond acceptors (Lipinski definition) is 4. The van der Waals surface area contributed by atoms with E-state index in [4.69, 9.17) is 4.74 Å². The molecular weight excluding hydrogens is 250 g/mol. The Bertz CT molecular complexity index is 557. The lowest BCUT2D eigenvalue weighted by molar-refractivity contribution is 0.185. The average molecular weight is 271 g/mol. The van der Waals surface area contributed by atoms with Gasteiger partial charge in [-0.05, 0) is 25.0 Å². The van der Waals surface area contributed by atoms with Crippen molar-refractivity contribution >= 4 is 0 Å². The molecule has 1 N–H and O–H groups in total. The minimum atomic E-state index is 0.176. The molecular formula is C16H21N3O. The first kappa shape index (κ1) is 14.6. The minimum absolute atomic E-state index is 0.176. The summed E-state index contributed by atoms with van der Waals surface area (Å²) in [4.78, 5) is 8.67. The van der Waals surface area contributed by atoms with Crippen LogP contribution in [0, 0.1) is 6.92 Å². The Hall–Kier alpha value is -1.78. The predicted octanol–water partition coefficient (Wildman–Crippen LogP) is 2.78. The van der Waals surface area contributed by atoms with E-state index in [1.807, 2.05) is 6.92 Å². The van der Waals surface area contributed by atoms with Gasteiger partial charge in [-0.1, -0.05) is 24.3 Å². The third kappa shape index (κ3) is 3.85. The van der Waals surface area contributed by atoms with Crippen molar-refractivity contribution < 1.29 is 4.74 Å². The molecule has 106 valence electrons. The number of aromatic nitrogens is 2. The molecule has 0 radical (unpaired) electrons. The van der Waals surface area contributed by atoms with Gasteiger partial charge in [0.15, 0.2) is 0 Å². The summed E-state index contributed by atoms with van der Waals surface area (Å²) < 4.78 is 5.15.